The number of hydrogen-bond donors (Lipinski definition) is 0. The van der Waals surface area contributed by atoms with E-state index in [1.54, 1.807) is 0 Å². The van der Waals surface area contributed by atoms with E-state index < -0.39 is 0 Å². The van der Waals surface area contributed by atoms with Gasteiger partial charge in [-0.1, -0.05) is 12.1 Å². The Labute approximate surface area is 123 Å². The third-order valence-electron chi connectivity index (χ3n) is 2.33. The minimum absolute atomic E-state index is 0.103. The number of rotatable bonds is 5. The van der Waals surface area contributed by atoms with Crippen LogP contribution in [0.2, 0.25) is 5.28 Å². The lowest BCUT2D eigenvalue weighted by Crippen LogP contribution is -2.05. The monoisotopic (exact) mass is 293 g/mol. The topological polar surface area (TPSA) is 57.1 Å². The summed E-state index contributed by atoms with van der Waals surface area (Å²) in [6.07, 6.45) is 0.103. The number of hydrogen-bond acceptors (Lipinski definition) is 5. The molecule has 0 aliphatic carbocycles. The second-order valence-corrected chi connectivity index (χ2v) is 4.68. The fourth-order valence-corrected chi connectivity index (χ4v) is 1.79. The summed E-state index contributed by atoms with van der Waals surface area (Å²) in [5.74, 6) is 1.22. The number of aromatic nitrogens is 3. The molecule has 1 heterocycles. The molecule has 0 fully saturated rings. The van der Waals surface area contributed by atoms with Crippen molar-refractivity contribution in [1.29, 1.82) is 0 Å². The van der Waals surface area contributed by atoms with Crippen LogP contribution < -0.4 is 9.47 Å². The van der Waals surface area contributed by atoms with Crippen LogP contribution in [0.25, 0.3) is 11.4 Å². The molecule has 6 heteroatoms. The van der Waals surface area contributed by atoms with Crippen LogP contribution >= 0.6 is 11.6 Å². The Morgan fingerprint density at radius 1 is 1.20 bits per heavy atom. The van der Waals surface area contributed by atoms with E-state index in [-0.39, 0.29) is 17.4 Å². The fourth-order valence-electron chi connectivity index (χ4n) is 1.64. The Balaban J connectivity index is 2.35. The van der Waals surface area contributed by atoms with Gasteiger partial charge in [-0.25, -0.2) is 0 Å². The fraction of sp³-hybridized carbons (Fsp3) is 0.357. The van der Waals surface area contributed by atoms with Gasteiger partial charge in [-0.3, -0.25) is 0 Å². The van der Waals surface area contributed by atoms with Crippen molar-refractivity contribution in [3.05, 3.63) is 29.5 Å². The van der Waals surface area contributed by atoms with E-state index >= 15 is 0 Å². The quantitative estimate of drug-likeness (QED) is 0.846. The summed E-state index contributed by atoms with van der Waals surface area (Å²) >= 11 is 5.89. The third kappa shape index (κ3) is 3.81. The van der Waals surface area contributed by atoms with Crippen LogP contribution in [-0.2, 0) is 0 Å². The first kappa shape index (κ1) is 14.5. The molecule has 1 aromatic heterocycles. The van der Waals surface area contributed by atoms with Gasteiger partial charge >= 0.3 is 6.01 Å². The summed E-state index contributed by atoms with van der Waals surface area (Å²) in [5.41, 5.74) is 0.799. The lowest BCUT2D eigenvalue weighted by Gasteiger charge is -2.10. The highest BCUT2D eigenvalue weighted by atomic mass is 35.5. The molecule has 0 aliphatic heterocycles. The molecule has 20 heavy (non-hydrogen) atoms. The maximum atomic E-state index is 5.89. The summed E-state index contributed by atoms with van der Waals surface area (Å²) in [4.78, 5) is 12.3. The summed E-state index contributed by atoms with van der Waals surface area (Å²) in [6.45, 7) is 6.27. The highest BCUT2D eigenvalue weighted by Gasteiger charge is 2.09. The molecule has 2 aromatic rings. The molecule has 0 saturated carbocycles. The van der Waals surface area contributed by atoms with E-state index in [1.807, 2.05) is 45.0 Å². The predicted molar refractivity (Wildman–Crippen MR) is 77.2 cm³/mol. The van der Waals surface area contributed by atoms with Crippen molar-refractivity contribution in [2.75, 3.05) is 6.61 Å². The zero-order chi connectivity index (χ0) is 14.5. The Bertz CT molecular complexity index is 590. The smallest absolute Gasteiger partial charge is 0.321 e. The number of ether oxygens (including phenoxy) is 2. The van der Waals surface area contributed by atoms with E-state index in [1.165, 1.54) is 0 Å². The lowest BCUT2D eigenvalue weighted by atomic mass is 10.2. The van der Waals surface area contributed by atoms with E-state index in [0.717, 1.165) is 11.3 Å². The molecule has 0 bridgehead atoms. The number of halogens is 1. The second kappa shape index (κ2) is 6.52. The zero-order valence-electron chi connectivity index (χ0n) is 11.6. The van der Waals surface area contributed by atoms with Gasteiger partial charge in [0.25, 0.3) is 0 Å². The van der Waals surface area contributed by atoms with Gasteiger partial charge in [-0.15, -0.1) is 0 Å². The molecule has 0 saturated heterocycles. The molecular weight excluding hydrogens is 278 g/mol. The SMILES string of the molecule is CCOc1nc(Cl)nc(-c2cccc(OC(C)C)c2)n1. The van der Waals surface area contributed by atoms with E-state index in [2.05, 4.69) is 15.0 Å². The molecule has 0 spiro atoms. The third-order valence-corrected chi connectivity index (χ3v) is 2.49. The Kier molecular flexibility index (Phi) is 4.74. The molecule has 0 amide bonds. The van der Waals surface area contributed by atoms with Crippen LogP contribution in [0.15, 0.2) is 24.3 Å². The Morgan fingerprint density at radius 2 is 2.00 bits per heavy atom. The maximum Gasteiger partial charge on any atom is 0.321 e. The van der Waals surface area contributed by atoms with Gasteiger partial charge in [0.05, 0.1) is 12.7 Å². The predicted octanol–water partition coefficient (Wildman–Crippen LogP) is 3.38. The van der Waals surface area contributed by atoms with E-state index in [4.69, 9.17) is 21.1 Å². The average molecular weight is 294 g/mol. The van der Waals surface area contributed by atoms with Crippen LogP contribution in [0.3, 0.4) is 0 Å². The molecule has 5 nitrogen and oxygen atoms in total. The van der Waals surface area contributed by atoms with Crippen molar-refractivity contribution in [3.63, 3.8) is 0 Å². The van der Waals surface area contributed by atoms with Crippen molar-refractivity contribution in [2.24, 2.45) is 0 Å². The molecule has 0 radical (unpaired) electrons. The lowest BCUT2D eigenvalue weighted by molar-refractivity contribution is 0.242. The molecular formula is C14H16ClN3O2. The van der Waals surface area contributed by atoms with Crippen LogP contribution in [-0.4, -0.2) is 27.7 Å². The zero-order valence-corrected chi connectivity index (χ0v) is 12.4. The van der Waals surface area contributed by atoms with Crippen LogP contribution in [0.5, 0.6) is 11.8 Å². The Hall–Kier alpha value is -1.88. The van der Waals surface area contributed by atoms with Gasteiger partial charge in [-0.2, -0.15) is 15.0 Å². The minimum Gasteiger partial charge on any atom is -0.491 e. The molecule has 1 aromatic carbocycles. The first-order chi connectivity index (χ1) is 9.58. The van der Waals surface area contributed by atoms with Crippen molar-refractivity contribution < 1.29 is 9.47 Å². The number of benzene rings is 1. The molecule has 0 atom stereocenters. The van der Waals surface area contributed by atoms with Crippen LogP contribution in [0.1, 0.15) is 20.8 Å². The van der Waals surface area contributed by atoms with Gasteiger partial charge in [0, 0.05) is 5.56 Å². The normalized spacial score (nSPS) is 10.7. The van der Waals surface area contributed by atoms with Gasteiger partial charge in [0.2, 0.25) is 5.28 Å². The van der Waals surface area contributed by atoms with Crippen LogP contribution in [0.4, 0.5) is 0 Å². The first-order valence-electron chi connectivity index (χ1n) is 6.40. The van der Waals surface area contributed by atoms with Crippen LogP contribution in [0, 0.1) is 0 Å². The highest BCUT2D eigenvalue weighted by Crippen LogP contribution is 2.23. The van der Waals surface area contributed by atoms with Gasteiger partial charge < -0.3 is 9.47 Å². The average Bonchev–Trinajstić information content (AvgIpc) is 2.38. The molecule has 0 unspecified atom stereocenters. The molecule has 2 rings (SSSR count). The number of nitrogens with zero attached hydrogens (tertiary/aromatic N) is 3. The largest absolute Gasteiger partial charge is 0.491 e. The molecule has 0 N–H and O–H groups in total. The van der Waals surface area contributed by atoms with Crippen molar-refractivity contribution >= 4 is 11.6 Å². The standard InChI is InChI=1S/C14H16ClN3O2/c1-4-19-14-17-12(16-13(15)18-14)10-6-5-7-11(8-10)20-9(2)3/h5-9H,4H2,1-3H3. The Morgan fingerprint density at radius 3 is 2.70 bits per heavy atom. The summed E-state index contributed by atoms with van der Waals surface area (Å²) in [5, 5.41) is 0.105. The maximum absolute atomic E-state index is 5.89. The van der Waals surface area contributed by atoms with Crippen molar-refractivity contribution in [2.45, 2.75) is 26.9 Å². The van der Waals surface area contributed by atoms with E-state index in [9.17, 15) is 0 Å². The van der Waals surface area contributed by atoms with Crippen molar-refractivity contribution in [1.82, 2.24) is 15.0 Å². The van der Waals surface area contributed by atoms with Gasteiger partial charge in [0.1, 0.15) is 5.75 Å². The second-order valence-electron chi connectivity index (χ2n) is 4.34. The summed E-state index contributed by atoms with van der Waals surface area (Å²) in [6, 6.07) is 7.73. The summed E-state index contributed by atoms with van der Waals surface area (Å²) in [7, 11) is 0. The van der Waals surface area contributed by atoms with Crippen molar-refractivity contribution in [3.8, 4) is 23.1 Å². The van der Waals surface area contributed by atoms with E-state index in [0.29, 0.717) is 12.4 Å². The molecule has 106 valence electrons. The summed E-state index contributed by atoms with van der Waals surface area (Å²) < 4.78 is 10.9. The molecule has 0 aliphatic rings. The minimum atomic E-state index is 0.103. The van der Waals surface area contributed by atoms with Gasteiger partial charge in [-0.05, 0) is 44.5 Å². The van der Waals surface area contributed by atoms with Gasteiger partial charge in [0.15, 0.2) is 5.82 Å². The first-order valence-corrected chi connectivity index (χ1v) is 6.77. The highest BCUT2D eigenvalue weighted by molar-refractivity contribution is 6.28.